The minimum Gasteiger partial charge on any atom is -0.0856 e. The van der Waals surface area contributed by atoms with Gasteiger partial charge >= 0.3 is 0 Å². The minimum atomic E-state index is 0.944. The first kappa shape index (κ1) is 7.84. The van der Waals surface area contributed by atoms with E-state index in [1.165, 1.54) is 32.1 Å². The Hall–Kier alpha value is -0.260. The molecule has 1 aliphatic carbocycles. The number of hydrogen-bond acceptors (Lipinski definition) is 0. The second-order valence-electron chi connectivity index (χ2n) is 3.34. The van der Waals surface area contributed by atoms with E-state index in [9.17, 15) is 0 Å². The van der Waals surface area contributed by atoms with Crippen molar-refractivity contribution in [2.45, 2.75) is 46.0 Å². The van der Waals surface area contributed by atoms with E-state index in [0.29, 0.717) is 0 Å². The molecule has 0 saturated heterocycles. The first-order valence-corrected chi connectivity index (χ1v) is 4.51. The van der Waals surface area contributed by atoms with Crippen LogP contribution >= 0.6 is 0 Å². The van der Waals surface area contributed by atoms with E-state index in [4.69, 9.17) is 0 Å². The molecule has 0 bridgehead atoms. The fraction of sp³-hybridized carbons (Fsp3) is 0.800. The molecular weight excluding hydrogens is 120 g/mol. The average Bonchev–Trinajstić information content (AvgIpc) is 2.38. The van der Waals surface area contributed by atoms with Gasteiger partial charge in [-0.25, -0.2) is 0 Å². The van der Waals surface area contributed by atoms with Crippen LogP contribution in [0.4, 0.5) is 0 Å². The molecule has 0 nitrogen and oxygen atoms in total. The Kier molecular flexibility index (Phi) is 2.98. The zero-order chi connectivity index (χ0) is 7.40. The van der Waals surface area contributed by atoms with E-state index < -0.39 is 0 Å². The highest BCUT2D eigenvalue weighted by Gasteiger charge is 2.15. The minimum absolute atomic E-state index is 0.944. The van der Waals surface area contributed by atoms with Crippen LogP contribution in [0.5, 0.6) is 0 Å². The van der Waals surface area contributed by atoms with Gasteiger partial charge in [-0.2, -0.15) is 0 Å². The van der Waals surface area contributed by atoms with Crippen molar-refractivity contribution >= 4 is 0 Å². The normalized spacial score (nSPS) is 22.0. The molecule has 0 N–H and O–H groups in total. The lowest BCUT2D eigenvalue weighted by molar-refractivity contribution is 0.639. The van der Waals surface area contributed by atoms with Crippen molar-refractivity contribution < 1.29 is 0 Å². The van der Waals surface area contributed by atoms with Crippen LogP contribution in [-0.2, 0) is 0 Å². The molecule has 0 aromatic heterocycles. The van der Waals surface area contributed by atoms with Gasteiger partial charge < -0.3 is 0 Å². The summed E-state index contributed by atoms with van der Waals surface area (Å²) in [5.74, 6) is 0.944. The van der Waals surface area contributed by atoms with Crippen LogP contribution in [0.15, 0.2) is 11.6 Å². The van der Waals surface area contributed by atoms with Gasteiger partial charge in [0.15, 0.2) is 0 Å². The first-order valence-electron chi connectivity index (χ1n) is 4.51. The summed E-state index contributed by atoms with van der Waals surface area (Å²) in [5.41, 5.74) is 1.64. The van der Waals surface area contributed by atoms with Crippen LogP contribution in [0.2, 0.25) is 0 Å². The van der Waals surface area contributed by atoms with Gasteiger partial charge in [0, 0.05) is 0 Å². The molecule has 0 aromatic carbocycles. The van der Waals surface area contributed by atoms with Crippen LogP contribution < -0.4 is 0 Å². The summed E-state index contributed by atoms with van der Waals surface area (Å²) in [4.78, 5) is 0. The van der Waals surface area contributed by atoms with Crippen molar-refractivity contribution in [3.63, 3.8) is 0 Å². The molecule has 1 saturated carbocycles. The summed E-state index contributed by atoms with van der Waals surface area (Å²) in [7, 11) is 0. The summed E-state index contributed by atoms with van der Waals surface area (Å²) < 4.78 is 0. The molecule has 0 unspecified atom stereocenters. The van der Waals surface area contributed by atoms with Crippen LogP contribution in [-0.4, -0.2) is 0 Å². The second kappa shape index (κ2) is 3.80. The molecule has 0 amide bonds. The van der Waals surface area contributed by atoms with Crippen molar-refractivity contribution in [2.75, 3.05) is 0 Å². The molecular formula is C10H18. The van der Waals surface area contributed by atoms with Crippen LogP contribution in [0.1, 0.15) is 46.0 Å². The lowest BCUT2D eigenvalue weighted by Crippen LogP contribution is -1.93. The maximum absolute atomic E-state index is 2.38. The molecule has 0 heterocycles. The molecule has 0 heteroatoms. The van der Waals surface area contributed by atoms with E-state index in [1.54, 1.807) is 5.57 Å². The van der Waals surface area contributed by atoms with Crippen molar-refractivity contribution in [1.29, 1.82) is 0 Å². The number of allylic oxidation sites excluding steroid dienone is 2. The molecule has 0 aromatic rings. The van der Waals surface area contributed by atoms with Gasteiger partial charge in [0.25, 0.3) is 0 Å². The first-order chi connectivity index (χ1) is 4.84. The Morgan fingerprint density at radius 3 is 2.50 bits per heavy atom. The van der Waals surface area contributed by atoms with Gasteiger partial charge in [-0.15, -0.1) is 0 Å². The van der Waals surface area contributed by atoms with Gasteiger partial charge in [0.05, 0.1) is 0 Å². The summed E-state index contributed by atoms with van der Waals surface area (Å²) >= 11 is 0. The predicted octanol–water partition coefficient (Wildman–Crippen LogP) is 3.53. The average molecular weight is 138 g/mol. The molecule has 1 rings (SSSR count). The van der Waals surface area contributed by atoms with E-state index in [2.05, 4.69) is 19.9 Å². The summed E-state index contributed by atoms with van der Waals surface area (Å²) in [6, 6.07) is 0. The maximum Gasteiger partial charge on any atom is -0.0206 e. The Morgan fingerprint density at radius 2 is 2.00 bits per heavy atom. The van der Waals surface area contributed by atoms with E-state index in [-0.39, 0.29) is 0 Å². The molecule has 0 atom stereocenters. The highest BCUT2D eigenvalue weighted by molar-refractivity contribution is 5.04. The van der Waals surface area contributed by atoms with Crippen molar-refractivity contribution in [2.24, 2.45) is 5.92 Å². The number of hydrogen-bond donors (Lipinski definition) is 0. The lowest BCUT2D eigenvalue weighted by atomic mass is 9.98. The zero-order valence-electron chi connectivity index (χ0n) is 7.19. The van der Waals surface area contributed by atoms with Crippen molar-refractivity contribution in [1.82, 2.24) is 0 Å². The van der Waals surface area contributed by atoms with Crippen LogP contribution in [0, 0.1) is 5.92 Å². The molecule has 0 aliphatic heterocycles. The lowest BCUT2D eigenvalue weighted by Gasteiger charge is -2.08. The smallest absolute Gasteiger partial charge is 0.0206 e. The Labute approximate surface area is 64.3 Å². The highest BCUT2D eigenvalue weighted by atomic mass is 14.2. The molecule has 1 aliphatic rings. The molecule has 58 valence electrons. The zero-order valence-corrected chi connectivity index (χ0v) is 7.19. The summed E-state index contributed by atoms with van der Waals surface area (Å²) in [6.45, 7) is 4.51. The SMILES string of the molecule is CCC=C(C)C1CCCC1. The van der Waals surface area contributed by atoms with Crippen molar-refractivity contribution in [3.8, 4) is 0 Å². The fourth-order valence-electron chi connectivity index (χ4n) is 1.87. The molecule has 10 heavy (non-hydrogen) atoms. The topological polar surface area (TPSA) is 0 Å². The molecule has 0 radical (unpaired) electrons. The number of rotatable bonds is 2. The third kappa shape index (κ3) is 1.86. The van der Waals surface area contributed by atoms with Crippen molar-refractivity contribution in [3.05, 3.63) is 11.6 Å². The highest BCUT2D eigenvalue weighted by Crippen LogP contribution is 2.30. The quantitative estimate of drug-likeness (QED) is 0.512. The second-order valence-corrected chi connectivity index (χ2v) is 3.34. The standard InChI is InChI=1S/C10H18/c1-3-6-9(2)10-7-4-5-8-10/h6,10H,3-5,7-8H2,1-2H3. The Balaban J connectivity index is 2.39. The third-order valence-electron chi connectivity index (χ3n) is 2.53. The monoisotopic (exact) mass is 138 g/mol. The van der Waals surface area contributed by atoms with E-state index >= 15 is 0 Å². The summed E-state index contributed by atoms with van der Waals surface area (Å²) in [6.07, 6.45) is 9.40. The maximum atomic E-state index is 2.38. The Morgan fingerprint density at radius 1 is 1.40 bits per heavy atom. The van der Waals surface area contributed by atoms with Gasteiger partial charge in [-0.05, 0) is 32.1 Å². The van der Waals surface area contributed by atoms with Crippen LogP contribution in [0.25, 0.3) is 0 Å². The Bertz CT molecular complexity index is 116. The molecule has 0 spiro atoms. The predicted molar refractivity (Wildman–Crippen MR) is 46.0 cm³/mol. The van der Waals surface area contributed by atoms with Gasteiger partial charge in [0.2, 0.25) is 0 Å². The van der Waals surface area contributed by atoms with Gasteiger partial charge in [0.1, 0.15) is 0 Å². The fourth-order valence-corrected chi connectivity index (χ4v) is 1.87. The largest absolute Gasteiger partial charge is 0.0856 e. The van der Waals surface area contributed by atoms with Crippen LogP contribution in [0.3, 0.4) is 0 Å². The van der Waals surface area contributed by atoms with E-state index in [0.717, 1.165) is 5.92 Å². The third-order valence-corrected chi connectivity index (χ3v) is 2.53. The van der Waals surface area contributed by atoms with Gasteiger partial charge in [-0.3, -0.25) is 0 Å². The van der Waals surface area contributed by atoms with Gasteiger partial charge in [-0.1, -0.05) is 31.4 Å². The summed E-state index contributed by atoms with van der Waals surface area (Å²) in [5, 5.41) is 0. The molecule has 1 fully saturated rings. The van der Waals surface area contributed by atoms with E-state index in [1.807, 2.05) is 0 Å².